The summed E-state index contributed by atoms with van der Waals surface area (Å²) in [7, 11) is 1.38. The fraction of sp³-hybridized carbons (Fsp3) is 0.273. The Morgan fingerprint density at radius 2 is 1.26 bits per heavy atom. The number of hydrogen-bond acceptors (Lipinski definition) is 5. The average molecular weight is 519 g/mol. The van der Waals surface area contributed by atoms with Gasteiger partial charge in [-0.2, -0.15) is 0 Å². The van der Waals surface area contributed by atoms with E-state index in [1.165, 1.54) is 50.2 Å². The first kappa shape index (κ1) is 25.0. The molecular weight excluding hydrogens is 484 g/mol. The molecule has 0 radical (unpaired) electrons. The van der Waals surface area contributed by atoms with E-state index in [4.69, 9.17) is 9.72 Å². The van der Waals surface area contributed by atoms with Crippen LogP contribution in [0.15, 0.2) is 78.9 Å². The molecule has 0 atom stereocenters. The highest BCUT2D eigenvalue weighted by Gasteiger charge is 2.18. The number of rotatable bonds is 7. The highest BCUT2D eigenvalue weighted by Crippen LogP contribution is 2.35. The summed E-state index contributed by atoms with van der Waals surface area (Å²) in [4.78, 5) is 25.1. The number of esters is 1. The minimum Gasteiger partial charge on any atom is -0.466 e. The second kappa shape index (κ2) is 11.2. The maximum Gasteiger partial charge on any atom is 0.330 e. The monoisotopic (exact) mass is 518 g/mol. The van der Waals surface area contributed by atoms with Gasteiger partial charge in [0.1, 0.15) is 5.82 Å². The van der Waals surface area contributed by atoms with Crippen LogP contribution in [0.2, 0.25) is 0 Å². The second-order valence-electron chi connectivity index (χ2n) is 10.3. The third-order valence-electron chi connectivity index (χ3n) is 7.74. The standard InChI is InChI=1S/C33H34N4O2/c1-39-30(38)19-8-24-6-9-27(10-7-24)33-34-31(25-11-15-28(16-12-25)36-20-2-3-21-36)32(35-33)26-13-17-29(18-14-26)37-22-4-5-23-37/h6-19H,2-5,20-23H2,1H3,(H,34,35)/b19-8+. The van der Waals surface area contributed by atoms with E-state index in [0.29, 0.717) is 0 Å². The summed E-state index contributed by atoms with van der Waals surface area (Å²) in [5.74, 6) is 0.446. The van der Waals surface area contributed by atoms with Crippen molar-refractivity contribution in [2.75, 3.05) is 43.1 Å². The van der Waals surface area contributed by atoms with Crippen LogP contribution in [0.5, 0.6) is 0 Å². The van der Waals surface area contributed by atoms with E-state index in [1.807, 2.05) is 24.3 Å². The maximum atomic E-state index is 11.4. The van der Waals surface area contributed by atoms with Crippen molar-refractivity contribution in [1.29, 1.82) is 0 Å². The van der Waals surface area contributed by atoms with Gasteiger partial charge in [0.2, 0.25) is 0 Å². The second-order valence-corrected chi connectivity index (χ2v) is 10.3. The quantitative estimate of drug-likeness (QED) is 0.215. The third-order valence-corrected chi connectivity index (χ3v) is 7.74. The van der Waals surface area contributed by atoms with Crippen LogP contribution in [0.3, 0.4) is 0 Å². The van der Waals surface area contributed by atoms with Crippen molar-refractivity contribution in [3.8, 4) is 33.9 Å². The van der Waals surface area contributed by atoms with E-state index >= 15 is 0 Å². The van der Waals surface area contributed by atoms with Crippen LogP contribution < -0.4 is 9.80 Å². The molecule has 0 spiro atoms. The lowest BCUT2D eigenvalue weighted by atomic mass is 10.0. The van der Waals surface area contributed by atoms with Crippen molar-refractivity contribution in [1.82, 2.24) is 9.97 Å². The number of benzene rings is 3. The first-order valence-electron chi connectivity index (χ1n) is 13.9. The molecule has 0 bridgehead atoms. The summed E-state index contributed by atoms with van der Waals surface area (Å²) in [5, 5.41) is 0. The van der Waals surface area contributed by atoms with E-state index < -0.39 is 0 Å². The van der Waals surface area contributed by atoms with Crippen molar-refractivity contribution in [2.45, 2.75) is 25.7 Å². The number of nitrogens with one attached hydrogen (secondary N) is 1. The lowest BCUT2D eigenvalue weighted by Gasteiger charge is -2.18. The van der Waals surface area contributed by atoms with Crippen LogP contribution in [0.4, 0.5) is 11.4 Å². The van der Waals surface area contributed by atoms with E-state index in [9.17, 15) is 4.79 Å². The lowest BCUT2D eigenvalue weighted by Crippen LogP contribution is -2.17. The minimum atomic E-state index is -0.370. The van der Waals surface area contributed by atoms with Crippen molar-refractivity contribution < 1.29 is 9.53 Å². The molecule has 2 fully saturated rings. The molecule has 2 aliphatic rings. The Morgan fingerprint density at radius 1 is 0.744 bits per heavy atom. The molecule has 4 aromatic rings. The SMILES string of the molecule is COC(=O)/C=C/c1ccc(-c2nc(-c3ccc(N4CCCC4)cc3)c(-c3ccc(N4CCCC4)cc3)[nH]2)cc1. The molecule has 198 valence electrons. The van der Waals surface area contributed by atoms with E-state index in [-0.39, 0.29) is 5.97 Å². The van der Waals surface area contributed by atoms with Crippen LogP contribution in [-0.2, 0) is 9.53 Å². The molecule has 0 amide bonds. The first-order valence-corrected chi connectivity index (χ1v) is 13.9. The van der Waals surface area contributed by atoms with Gasteiger partial charge in [0.25, 0.3) is 0 Å². The highest BCUT2D eigenvalue weighted by molar-refractivity contribution is 5.87. The number of H-pyrrole nitrogens is 1. The third kappa shape index (κ3) is 5.46. The summed E-state index contributed by atoms with van der Waals surface area (Å²) in [5.41, 5.74) is 8.64. The van der Waals surface area contributed by atoms with Gasteiger partial charge in [-0.05, 0) is 61.6 Å². The Labute approximate surface area is 230 Å². The molecule has 6 nitrogen and oxygen atoms in total. The van der Waals surface area contributed by atoms with Crippen molar-refractivity contribution in [2.24, 2.45) is 0 Å². The van der Waals surface area contributed by atoms with Crippen LogP contribution in [0, 0.1) is 0 Å². The predicted molar refractivity (Wildman–Crippen MR) is 159 cm³/mol. The number of methoxy groups -OCH3 is 1. The Hall–Kier alpha value is -4.32. The van der Waals surface area contributed by atoms with Crippen molar-refractivity contribution in [3.63, 3.8) is 0 Å². The van der Waals surface area contributed by atoms with E-state index in [0.717, 1.165) is 65.6 Å². The van der Waals surface area contributed by atoms with Gasteiger partial charge in [-0.3, -0.25) is 0 Å². The fourth-order valence-corrected chi connectivity index (χ4v) is 5.53. The number of carbonyl (C=O) groups is 1. The maximum absolute atomic E-state index is 11.4. The lowest BCUT2D eigenvalue weighted by molar-refractivity contribution is -0.134. The molecule has 0 aliphatic carbocycles. The van der Waals surface area contributed by atoms with Gasteiger partial charge < -0.3 is 19.5 Å². The van der Waals surface area contributed by atoms with Crippen molar-refractivity contribution in [3.05, 3.63) is 84.4 Å². The largest absolute Gasteiger partial charge is 0.466 e. The Morgan fingerprint density at radius 3 is 1.79 bits per heavy atom. The molecule has 3 aromatic carbocycles. The predicted octanol–water partition coefficient (Wildman–Crippen LogP) is 6.80. The Balaban J connectivity index is 1.34. The number of anilines is 2. The van der Waals surface area contributed by atoms with Gasteiger partial charge in [0.15, 0.2) is 0 Å². The zero-order chi connectivity index (χ0) is 26.6. The Kier molecular flexibility index (Phi) is 7.17. The van der Waals surface area contributed by atoms with Crippen LogP contribution in [0.25, 0.3) is 40.0 Å². The number of ether oxygens (including phenoxy) is 1. The number of aromatic nitrogens is 2. The molecule has 2 saturated heterocycles. The first-order chi connectivity index (χ1) is 19.2. The van der Waals surface area contributed by atoms with Gasteiger partial charge in [-0.1, -0.05) is 48.5 Å². The van der Waals surface area contributed by atoms with E-state index in [1.54, 1.807) is 6.08 Å². The molecule has 1 N–H and O–H groups in total. The highest BCUT2D eigenvalue weighted by atomic mass is 16.5. The van der Waals surface area contributed by atoms with E-state index in [2.05, 4.69) is 63.3 Å². The van der Waals surface area contributed by atoms with Gasteiger partial charge in [0.05, 0.1) is 18.5 Å². The number of nitrogens with zero attached hydrogens (tertiary/aromatic N) is 3. The summed E-state index contributed by atoms with van der Waals surface area (Å²) >= 11 is 0. The Bertz CT molecular complexity index is 1360. The smallest absolute Gasteiger partial charge is 0.330 e. The molecular formula is C33H34N4O2. The van der Waals surface area contributed by atoms with Gasteiger partial charge >= 0.3 is 5.97 Å². The normalized spacial score (nSPS) is 15.4. The van der Waals surface area contributed by atoms with Gasteiger partial charge in [0, 0.05) is 60.3 Å². The summed E-state index contributed by atoms with van der Waals surface area (Å²) in [6.07, 6.45) is 8.23. The van der Waals surface area contributed by atoms with Crippen LogP contribution >= 0.6 is 0 Å². The topological polar surface area (TPSA) is 61.5 Å². The fourth-order valence-electron chi connectivity index (χ4n) is 5.53. The number of imidazole rings is 1. The molecule has 6 rings (SSSR count). The van der Waals surface area contributed by atoms with Gasteiger partial charge in [-0.25, -0.2) is 9.78 Å². The van der Waals surface area contributed by atoms with Crippen molar-refractivity contribution >= 4 is 23.4 Å². The number of hydrogen-bond donors (Lipinski definition) is 1. The molecule has 2 aliphatic heterocycles. The summed E-state index contributed by atoms with van der Waals surface area (Å²) in [6.45, 7) is 4.52. The zero-order valence-corrected chi connectivity index (χ0v) is 22.4. The van der Waals surface area contributed by atoms with Crippen LogP contribution in [-0.4, -0.2) is 49.2 Å². The number of aromatic amines is 1. The molecule has 0 saturated carbocycles. The average Bonchev–Trinajstić information content (AvgIpc) is 3.79. The molecule has 0 unspecified atom stereocenters. The summed E-state index contributed by atoms with van der Waals surface area (Å²) < 4.78 is 4.69. The molecule has 1 aromatic heterocycles. The number of carbonyl (C=O) groups excluding carboxylic acids is 1. The van der Waals surface area contributed by atoms with Crippen LogP contribution in [0.1, 0.15) is 31.2 Å². The summed E-state index contributed by atoms with van der Waals surface area (Å²) in [6, 6.07) is 25.7. The zero-order valence-electron chi connectivity index (χ0n) is 22.4. The van der Waals surface area contributed by atoms with Gasteiger partial charge in [-0.15, -0.1) is 0 Å². The molecule has 3 heterocycles. The molecule has 39 heavy (non-hydrogen) atoms. The molecule has 6 heteroatoms. The minimum absolute atomic E-state index is 0.370.